The van der Waals surface area contributed by atoms with Crippen molar-refractivity contribution < 1.29 is 22.4 Å². The highest BCUT2D eigenvalue weighted by atomic mass is 32.2. The molecule has 0 aliphatic rings. The van der Waals surface area contributed by atoms with Crippen LogP contribution in [0.25, 0.3) is 11.0 Å². The molecule has 0 radical (unpaired) electrons. The van der Waals surface area contributed by atoms with Crippen LogP contribution in [0.15, 0.2) is 56.5 Å². The Balaban J connectivity index is 1.91. The zero-order valence-corrected chi connectivity index (χ0v) is 17.2. The molecule has 0 spiro atoms. The number of hydrogen-bond acceptors (Lipinski definition) is 7. The summed E-state index contributed by atoms with van der Waals surface area (Å²) in [4.78, 5) is 38.0. The van der Waals surface area contributed by atoms with Crippen LogP contribution in [-0.4, -0.2) is 44.3 Å². The Labute approximate surface area is 171 Å². The molecule has 0 aliphatic carbocycles. The summed E-state index contributed by atoms with van der Waals surface area (Å²) >= 11 is 0. The van der Waals surface area contributed by atoms with Gasteiger partial charge in [-0.3, -0.25) is 9.52 Å². The van der Waals surface area contributed by atoms with Gasteiger partial charge in [0.25, 0.3) is 5.56 Å². The lowest BCUT2D eigenvalue weighted by atomic mass is 10.2. The Kier molecular flexibility index (Phi) is 5.65. The molecule has 1 N–H and O–H groups in total. The van der Waals surface area contributed by atoms with Crippen LogP contribution in [-0.2, 0) is 16.6 Å². The van der Waals surface area contributed by atoms with Crippen LogP contribution in [0.2, 0.25) is 0 Å². The highest BCUT2D eigenvalue weighted by Gasteiger charge is 2.13. The molecule has 1 heterocycles. The van der Waals surface area contributed by atoms with Gasteiger partial charge in [-0.15, -0.1) is 0 Å². The van der Waals surface area contributed by atoms with Crippen molar-refractivity contribution in [2.45, 2.75) is 6.54 Å². The van der Waals surface area contributed by atoms with Gasteiger partial charge in [-0.1, -0.05) is 12.1 Å². The van der Waals surface area contributed by atoms with E-state index in [-0.39, 0.29) is 23.3 Å². The van der Waals surface area contributed by atoms with Crippen LogP contribution in [0.5, 0.6) is 5.75 Å². The second-order valence-corrected chi connectivity index (χ2v) is 8.50. The van der Waals surface area contributed by atoms with Gasteiger partial charge in [-0.2, -0.15) is 0 Å². The summed E-state index contributed by atoms with van der Waals surface area (Å²) in [6.07, 6.45) is 0.423. The molecule has 0 bridgehead atoms. The first kappa shape index (κ1) is 21.1. The number of benzene rings is 2. The van der Waals surface area contributed by atoms with Crippen molar-refractivity contribution in [2.75, 3.05) is 25.1 Å². The van der Waals surface area contributed by atoms with Crippen molar-refractivity contribution in [3.05, 3.63) is 68.9 Å². The third-order valence-corrected chi connectivity index (χ3v) is 4.62. The maximum absolute atomic E-state index is 12.7. The molecule has 0 saturated carbocycles. The molecule has 30 heavy (non-hydrogen) atoms. The lowest BCUT2D eigenvalue weighted by Crippen LogP contribution is -2.33. The first-order valence-corrected chi connectivity index (χ1v) is 10.6. The van der Waals surface area contributed by atoms with Gasteiger partial charge in [0.05, 0.1) is 18.2 Å². The van der Waals surface area contributed by atoms with Crippen LogP contribution in [0.4, 0.5) is 10.5 Å². The molecule has 0 fully saturated rings. The van der Waals surface area contributed by atoms with E-state index in [0.29, 0.717) is 11.3 Å². The number of carbonyl (C=O) groups excluding carboxylic acids is 1. The largest absolute Gasteiger partial charge is 0.422 e. The standard InChI is InChI=1S/C19H19N3O7S/c1-21(2)18(24)28-14-8-9-15-16(10-14)29-19(25)22(17(15)23)11-12-4-6-13(7-5-12)20-30(3,26)27/h4-10,20H,11H2,1-3H3. The normalized spacial score (nSPS) is 11.3. The van der Waals surface area contributed by atoms with Gasteiger partial charge in [-0.25, -0.2) is 22.6 Å². The number of anilines is 1. The number of carbonyl (C=O) groups is 1. The van der Waals surface area contributed by atoms with Gasteiger partial charge >= 0.3 is 11.8 Å². The first-order valence-electron chi connectivity index (χ1n) is 8.67. The van der Waals surface area contributed by atoms with Gasteiger partial charge < -0.3 is 14.1 Å². The molecule has 1 amide bonds. The summed E-state index contributed by atoms with van der Waals surface area (Å²) in [7, 11) is -0.367. The number of nitrogens with zero attached hydrogens (tertiary/aromatic N) is 2. The van der Waals surface area contributed by atoms with E-state index < -0.39 is 27.4 Å². The van der Waals surface area contributed by atoms with Crippen LogP contribution < -0.4 is 20.8 Å². The monoisotopic (exact) mass is 433 g/mol. The summed E-state index contributed by atoms with van der Waals surface area (Å²) in [6.45, 7) is -0.0619. The lowest BCUT2D eigenvalue weighted by Gasteiger charge is -2.11. The predicted molar refractivity (Wildman–Crippen MR) is 110 cm³/mol. The summed E-state index contributed by atoms with van der Waals surface area (Å²) < 4.78 is 36.1. The fourth-order valence-electron chi connectivity index (χ4n) is 2.61. The third-order valence-electron chi connectivity index (χ3n) is 4.01. The number of hydrogen-bond donors (Lipinski definition) is 1. The van der Waals surface area contributed by atoms with Crippen molar-refractivity contribution in [1.29, 1.82) is 0 Å². The van der Waals surface area contributed by atoms with E-state index in [0.717, 1.165) is 10.8 Å². The number of nitrogens with one attached hydrogen (secondary N) is 1. The smallest absolute Gasteiger partial charge is 0.410 e. The van der Waals surface area contributed by atoms with Crippen molar-refractivity contribution in [3.8, 4) is 5.75 Å². The summed E-state index contributed by atoms with van der Waals surface area (Å²) in [5.41, 5.74) is 0.390. The minimum absolute atomic E-state index is 0.00185. The highest BCUT2D eigenvalue weighted by Crippen LogP contribution is 2.18. The minimum Gasteiger partial charge on any atom is -0.410 e. The van der Waals surface area contributed by atoms with E-state index in [9.17, 15) is 22.8 Å². The molecule has 2 aromatic carbocycles. The van der Waals surface area contributed by atoms with Gasteiger partial charge in [0, 0.05) is 25.8 Å². The topological polar surface area (TPSA) is 128 Å². The second-order valence-electron chi connectivity index (χ2n) is 6.75. The molecule has 158 valence electrons. The third kappa shape index (κ3) is 4.87. The number of rotatable bonds is 5. The molecule has 0 unspecified atom stereocenters. The van der Waals surface area contributed by atoms with E-state index in [1.54, 1.807) is 12.1 Å². The average molecular weight is 433 g/mol. The van der Waals surface area contributed by atoms with E-state index >= 15 is 0 Å². The Morgan fingerprint density at radius 1 is 1.13 bits per heavy atom. The molecular weight excluding hydrogens is 414 g/mol. The molecule has 0 saturated heterocycles. The first-order chi connectivity index (χ1) is 14.0. The van der Waals surface area contributed by atoms with E-state index in [2.05, 4.69) is 4.72 Å². The maximum Gasteiger partial charge on any atom is 0.422 e. The predicted octanol–water partition coefficient (Wildman–Crippen LogP) is 1.43. The van der Waals surface area contributed by atoms with Crippen LogP contribution in [0.1, 0.15) is 5.56 Å². The summed E-state index contributed by atoms with van der Waals surface area (Å²) in [5, 5.41) is 0.148. The molecule has 10 nitrogen and oxygen atoms in total. The Morgan fingerprint density at radius 2 is 1.80 bits per heavy atom. The zero-order valence-electron chi connectivity index (χ0n) is 16.4. The molecule has 0 aliphatic heterocycles. The van der Waals surface area contributed by atoms with Gasteiger partial charge in [0.2, 0.25) is 10.0 Å². The number of aromatic nitrogens is 1. The quantitative estimate of drug-likeness (QED) is 0.645. The van der Waals surface area contributed by atoms with E-state index in [4.69, 9.17) is 9.15 Å². The van der Waals surface area contributed by atoms with Crippen LogP contribution >= 0.6 is 0 Å². The molecule has 3 aromatic rings. The lowest BCUT2D eigenvalue weighted by molar-refractivity contribution is 0.172. The van der Waals surface area contributed by atoms with Gasteiger partial charge in [-0.05, 0) is 29.8 Å². The molecule has 11 heteroatoms. The summed E-state index contributed by atoms with van der Waals surface area (Å²) in [6, 6.07) is 10.4. The molecule has 1 aromatic heterocycles. The average Bonchev–Trinajstić information content (AvgIpc) is 2.65. The molecule has 0 atom stereocenters. The second kappa shape index (κ2) is 8.03. The Morgan fingerprint density at radius 3 is 2.40 bits per heavy atom. The van der Waals surface area contributed by atoms with E-state index in [1.165, 1.54) is 49.3 Å². The molecule has 3 rings (SSSR count). The Bertz CT molecular complexity index is 1320. The summed E-state index contributed by atoms with van der Waals surface area (Å²) in [5.74, 6) is -0.739. The van der Waals surface area contributed by atoms with Gasteiger partial charge in [0.15, 0.2) is 0 Å². The number of sulfonamides is 1. The number of ether oxygens (including phenoxy) is 1. The van der Waals surface area contributed by atoms with E-state index in [1.807, 2.05) is 0 Å². The fraction of sp³-hybridized carbons (Fsp3) is 0.211. The van der Waals surface area contributed by atoms with Crippen LogP contribution in [0.3, 0.4) is 0 Å². The fourth-order valence-corrected chi connectivity index (χ4v) is 3.17. The maximum atomic E-state index is 12.7. The SMILES string of the molecule is CN(C)C(=O)Oc1ccc2c(=O)n(Cc3ccc(NS(C)(=O)=O)cc3)c(=O)oc2c1. The van der Waals surface area contributed by atoms with Crippen molar-refractivity contribution in [1.82, 2.24) is 9.47 Å². The number of amides is 1. The minimum atomic E-state index is -3.41. The van der Waals surface area contributed by atoms with Crippen molar-refractivity contribution in [3.63, 3.8) is 0 Å². The zero-order chi connectivity index (χ0) is 22.1. The van der Waals surface area contributed by atoms with Gasteiger partial charge in [0.1, 0.15) is 11.3 Å². The van der Waals surface area contributed by atoms with Crippen LogP contribution in [0, 0.1) is 0 Å². The highest BCUT2D eigenvalue weighted by molar-refractivity contribution is 7.92. The molecular formula is C19H19N3O7S. The van der Waals surface area contributed by atoms with Crippen molar-refractivity contribution >= 4 is 32.8 Å². The number of fused-ring (bicyclic) bond motifs is 1. The Hall–Kier alpha value is -3.60. The van der Waals surface area contributed by atoms with Crippen molar-refractivity contribution in [2.24, 2.45) is 0 Å².